The fourth-order valence-corrected chi connectivity index (χ4v) is 2.52. The number of rotatable bonds is 5. The monoisotopic (exact) mass is 356 g/mol. The van der Waals surface area contributed by atoms with Gasteiger partial charge < -0.3 is 24.4 Å². The molecular formula is C16H18F2N2O5. The molecule has 0 saturated heterocycles. The molecule has 25 heavy (non-hydrogen) atoms. The van der Waals surface area contributed by atoms with E-state index in [-0.39, 0.29) is 17.1 Å². The number of nitrogens with one attached hydrogen (secondary N) is 1. The number of hydrogen-bond donors (Lipinski definition) is 1. The first-order chi connectivity index (χ1) is 11.8. The number of benzene rings is 1. The van der Waals surface area contributed by atoms with Gasteiger partial charge in [0.1, 0.15) is 0 Å². The van der Waals surface area contributed by atoms with Crippen LogP contribution in [0, 0.1) is 0 Å². The van der Waals surface area contributed by atoms with Crippen LogP contribution < -0.4 is 14.8 Å². The molecule has 0 spiro atoms. The van der Waals surface area contributed by atoms with Gasteiger partial charge in [0.05, 0.1) is 25.8 Å². The highest BCUT2D eigenvalue weighted by atomic mass is 19.3. The summed E-state index contributed by atoms with van der Waals surface area (Å²) in [6.07, 6.45) is 0. The molecule has 2 amide bonds. The van der Waals surface area contributed by atoms with E-state index in [2.05, 4.69) is 10.1 Å². The number of esters is 1. The van der Waals surface area contributed by atoms with E-state index in [4.69, 9.17) is 9.47 Å². The Hall–Kier alpha value is -2.84. The zero-order chi connectivity index (χ0) is 18.7. The highest BCUT2D eigenvalue weighted by Crippen LogP contribution is 2.36. The molecule has 1 heterocycles. The number of nitrogens with zero attached hydrogens (tertiary/aromatic N) is 1. The molecule has 1 atom stereocenters. The molecule has 0 aliphatic carbocycles. The quantitative estimate of drug-likeness (QED) is 0.820. The third-order valence-corrected chi connectivity index (χ3v) is 3.90. The van der Waals surface area contributed by atoms with Crippen LogP contribution in [0.5, 0.6) is 11.5 Å². The molecule has 0 bridgehead atoms. The molecule has 7 nitrogen and oxygen atoms in total. The maximum absolute atomic E-state index is 12.4. The molecule has 1 N–H and O–H groups in total. The topological polar surface area (TPSA) is 77.1 Å². The summed E-state index contributed by atoms with van der Waals surface area (Å²) in [6, 6.07) is 2.94. The fraction of sp³-hybridized carbons (Fsp3) is 0.375. The van der Waals surface area contributed by atoms with E-state index in [1.165, 1.54) is 44.4 Å². The summed E-state index contributed by atoms with van der Waals surface area (Å²) in [4.78, 5) is 25.5. The van der Waals surface area contributed by atoms with E-state index < -0.39 is 24.7 Å². The normalized spacial score (nSPS) is 17.5. The molecule has 0 fully saturated rings. The number of carbonyl (C=O) groups excluding carboxylic acids is 2. The maximum atomic E-state index is 12.4. The van der Waals surface area contributed by atoms with Gasteiger partial charge in [0.15, 0.2) is 11.5 Å². The second-order valence-corrected chi connectivity index (χ2v) is 5.22. The lowest BCUT2D eigenvalue weighted by Crippen LogP contribution is -2.46. The number of hydrogen-bond acceptors (Lipinski definition) is 5. The van der Waals surface area contributed by atoms with Gasteiger partial charge in [-0.25, -0.2) is 9.59 Å². The van der Waals surface area contributed by atoms with Gasteiger partial charge in [-0.05, 0) is 24.6 Å². The van der Waals surface area contributed by atoms with Crippen LogP contribution in [0.2, 0.25) is 0 Å². The third kappa shape index (κ3) is 3.65. The van der Waals surface area contributed by atoms with Gasteiger partial charge >= 0.3 is 18.6 Å². The summed E-state index contributed by atoms with van der Waals surface area (Å²) in [5, 5.41) is 2.67. The van der Waals surface area contributed by atoms with Crippen molar-refractivity contribution in [2.24, 2.45) is 0 Å². The summed E-state index contributed by atoms with van der Waals surface area (Å²) in [7, 11) is 4.05. The zero-order valence-electron chi connectivity index (χ0n) is 14.1. The summed E-state index contributed by atoms with van der Waals surface area (Å²) < 4.78 is 39.1. The first-order valence-corrected chi connectivity index (χ1v) is 7.26. The van der Waals surface area contributed by atoms with Crippen molar-refractivity contribution in [1.29, 1.82) is 0 Å². The molecule has 1 aromatic rings. The molecular weight excluding hydrogens is 338 g/mol. The van der Waals surface area contributed by atoms with Crippen LogP contribution in [0.4, 0.5) is 13.6 Å². The largest absolute Gasteiger partial charge is 0.493 e. The van der Waals surface area contributed by atoms with Crippen LogP contribution in [0.15, 0.2) is 29.5 Å². The molecule has 1 aliphatic rings. The van der Waals surface area contributed by atoms with E-state index in [9.17, 15) is 18.4 Å². The van der Waals surface area contributed by atoms with Crippen LogP contribution in [0.1, 0.15) is 18.5 Å². The summed E-state index contributed by atoms with van der Waals surface area (Å²) in [5.74, 6) is -0.713. The van der Waals surface area contributed by atoms with Crippen LogP contribution in [0.25, 0.3) is 0 Å². The van der Waals surface area contributed by atoms with E-state index in [0.29, 0.717) is 11.3 Å². The first kappa shape index (κ1) is 18.5. The van der Waals surface area contributed by atoms with Gasteiger partial charge in [0.25, 0.3) is 0 Å². The fourth-order valence-electron chi connectivity index (χ4n) is 2.52. The van der Waals surface area contributed by atoms with Crippen LogP contribution in [-0.2, 0) is 9.53 Å². The number of amides is 2. The van der Waals surface area contributed by atoms with E-state index in [1.54, 1.807) is 6.92 Å². The lowest BCUT2D eigenvalue weighted by Gasteiger charge is -2.33. The van der Waals surface area contributed by atoms with Crippen molar-refractivity contribution in [2.45, 2.75) is 19.6 Å². The van der Waals surface area contributed by atoms with Crippen molar-refractivity contribution in [3.8, 4) is 11.5 Å². The van der Waals surface area contributed by atoms with Gasteiger partial charge in [-0.2, -0.15) is 8.78 Å². The number of urea groups is 1. The van der Waals surface area contributed by atoms with Crippen LogP contribution in [-0.4, -0.2) is 44.8 Å². The highest BCUT2D eigenvalue weighted by Gasteiger charge is 2.35. The molecule has 0 saturated carbocycles. The first-order valence-electron chi connectivity index (χ1n) is 7.26. The van der Waals surface area contributed by atoms with E-state index >= 15 is 0 Å². The van der Waals surface area contributed by atoms with Gasteiger partial charge in [-0.1, -0.05) is 6.07 Å². The molecule has 2 rings (SSSR count). The molecule has 9 heteroatoms. The molecule has 1 aliphatic heterocycles. The number of halogens is 2. The SMILES string of the molecule is COC(=O)C1=C(C)N(C)C(=O)NC1c1ccc(OC(F)F)c(OC)c1. The van der Waals surface area contributed by atoms with Gasteiger partial charge in [-0.3, -0.25) is 0 Å². The van der Waals surface area contributed by atoms with Crippen LogP contribution >= 0.6 is 0 Å². The number of methoxy groups -OCH3 is 2. The Morgan fingerprint density at radius 3 is 2.52 bits per heavy atom. The standard InChI is InChI=1S/C16H18F2N2O5/c1-8-12(14(21)24-4)13(19-16(22)20(8)2)9-5-6-10(25-15(17)18)11(7-9)23-3/h5-7,13,15H,1-4H3,(H,19,22). The molecule has 136 valence electrons. The lowest BCUT2D eigenvalue weighted by molar-refractivity contribution is -0.136. The van der Waals surface area contributed by atoms with Crippen molar-refractivity contribution in [1.82, 2.24) is 10.2 Å². The van der Waals surface area contributed by atoms with Crippen molar-refractivity contribution in [3.05, 3.63) is 35.0 Å². The Bertz CT molecular complexity index is 720. The third-order valence-electron chi connectivity index (χ3n) is 3.90. The lowest BCUT2D eigenvalue weighted by atomic mass is 9.94. The average molecular weight is 356 g/mol. The smallest absolute Gasteiger partial charge is 0.387 e. The summed E-state index contributed by atoms with van der Waals surface area (Å²) in [6.45, 7) is -1.39. The predicted octanol–water partition coefficient (Wildman–Crippen LogP) is 2.44. The van der Waals surface area contributed by atoms with Crippen LogP contribution in [0.3, 0.4) is 0 Å². The van der Waals surface area contributed by atoms with Crippen molar-refractivity contribution < 1.29 is 32.6 Å². The van der Waals surface area contributed by atoms with Gasteiger partial charge in [0.2, 0.25) is 0 Å². The van der Waals surface area contributed by atoms with E-state index in [1.807, 2.05) is 0 Å². The van der Waals surface area contributed by atoms with E-state index in [0.717, 1.165) is 0 Å². The molecule has 1 unspecified atom stereocenters. The average Bonchev–Trinajstić information content (AvgIpc) is 2.58. The number of allylic oxidation sites excluding steroid dienone is 1. The van der Waals surface area contributed by atoms with Crippen molar-refractivity contribution >= 4 is 12.0 Å². The maximum Gasteiger partial charge on any atom is 0.387 e. The number of alkyl halides is 2. The second-order valence-electron chi connectivity index (χ2n) is 5.22. The highest BCUT2D eigenvalue weighted by molar-refractivity contribution is 5.94. The Morgan fingerprint density at radius 1 is 1.28 bits per heavy atom. The minimum absolute atomic E-state index is 0.0489. The summed E-state index contributed by atoms with van der Waals surface area (Å²) in [5.41, 5.74) is 1.11. The number of ether oxygens (including phenoxy) is 3. The van der Waals surface area contributed by atoms with Crippen molar-refractivity contribution in [3.63, 3.8) is 0 Å². The molecule has 1 aromatic carbocycles. The Labute approximate surface area is 143 Å². The summed E-state index contributed by atoms with van der Waals surface area (Å²) >= 11 is 0. The molecule has 0 aromatic heterocycles. The number of carbonyl (C=O) groups is 2. The van der Waals surface area contributed by atoms with Gasteiger partial charge in [0, 0.05) is 12.7 Å². The molecule has 0 radical (unpaired) electrons. The Morgan fingerprint density at radius 2 is 1.96 bits per heavy atom. The van der Waals surface area contributed by atoms with Crippen molar-refractivity contribution in [2.75, 3.05) is 21.3 Å². The zero-order valence-corrected chi connectivity index (χ0v) is 14.1. The second kappa shape index (κ2) is 7.37. The minimum atomic E-state index is -3.00. The van der Waals surface area contributed by atoms with Gasteiger partial charge in [-0.15, -0.1) is 0 Å². The Balaban J connectivity index is 2.51. The Kier molecular flexibility index (Phi) is 5.45. The predicted molar refractivity (Wildman–Crippen MR) is 83.4 cm³/mol. The minimum Gasteiger partial charge on any atom is -0.493 e.